The second kappa shape index (κ2) is 4.00. The van der Waals surface area contributed by atoms with Crippen molar-refractivity contribution in [2.24, 2.45) is 5.73 Å². The van der Waals surface area contributed by atoms with E-state index in [0.717, 1.165) is 11.3 Å². The maximum Gasteiger partial charge on any atom is 0.253 e. The zero-order valence-electron chi connectivity index (χ0n) is 9.50. The van der Waals surface area contributed by atoms with Crippen molar-refractivity contribution in [2.75, 3.05) is 0 Å². The van der Waals surface area contributed by atoms with Crippen molar-refractivity contribution >= 4 is 11.6 Å². The normalized spacial score (nSPS) is 10.7. The number of imidazole rings is 1. The molecule has 1 aromatic carbocycles. The summed E-state index contributed by atoms with van der Waals surface area (Å²) in [6.45, 7) is 0. The van der Waals surface area contributed by atoms with Crippen molar-refractivity contribution in [2.45, 2.75) is 0 Å². The standard InChI is InChI=1S/C14H10N3O/c15-13(18)11-7-4-8-17-9-12(16-14(11)17)10-5-2-1-3-6-10/h1-6,8-9H,(H2,15,18). The summed E-state index contributed by atoms with van der Waals surface area (Å²) < 4.78 is 1.78. The van der Waals surface area contributed by atoms with E-state index in [-0.39, 0.29) is 0 Å². The molecule has 0 bridgehead atoms. The second-order valence-electron chi connectivity index (χ2n) is 3.92. The maximum absolute atomic E-state index is 11.3. The molecule has 1 amide bonds. The molecular formula is C14H10N3O. The van der Waals surface area contributed by atoms with Crippen molar-refractivity contribution in [3.05, 3.63) is 60.4 Å². The zero-order chi connectivity index (χ0) is 12.5. The van der Waals surface area contributed by atoms with E-state index in [2.05, 4.69) is 11.1 Å². The van der Waals surface area contributed by atoms with Crippen LogP contribution in [-0.4, -0.2) is 15.3 Å². The first-order valence-electron chi connectivity index (χ1n) is 5.50. The number of hydrogen-bond donors (Lipinski definition) is 1. The molecule has 0 unspecified atom stereocenters. The number of aromatic nitrogens is 2. The number of carbonyl (C=O) groups is 1. The molecule has 4 heteroatoms. The number of amides is 1. The van der Waals surface area contributed by atoms with E-state index in [9.17, 15) is 4.79 Å². The fourth-order valence-electron chi connectivity index (χ4n) is 1.89. The number of benzene rings is 1. The molecule has 87 valence electrons. The predicted octanol–water partition coefficient (Wildman–Crippen LogP) is 1.90. The van der Waals surface area contributed by atoms with Gasteiger partial charge in [-0.15, -0.1) is 0 Å². The van der Waals surface area contributed by atoms with E-state index in [1.54, 1.807) is 16.7 Å². The zero-order valence-corrected chi connectivity index (χ0v) is 9.50. The maximum atomic E-state index is 11.3. The Hall–Kier alpha value is -2.62. The van der Waals surface area contributed by atoms with Gasteiger partial charge in [-0.25, -0.2) is 4.98 Å². The van der Waals surface area contributed by atoms with E-state index >= 15 is 0 Å². The quantitative estimate of drug-likeness (QED) is 0.738. The van der Waals surface area contributed by atoms with Gasteiger partial charge in [0.05, 0.1) is 11.3 Å². The van der Waals surface area contributed by atoms with Gasteiger partial charge in [0.2, 0.25) is 0 Å². The fourth-order valence-corrected chi connectivity index (χ4v) is 1.89. The van der Waals surface area contributed by atoms with Crippen LogP contribution < -0.4 is 5.73 Å². The van der Waals surface area contributed by atoms with Gasteiger partial charge in [0.15, 0.2) is 5.65 Å². The van der Waals surface area contributed by atoms with Crippen LogP contribution in [0.2, 0.25) is 0 Å². The van der Waals surface area contributed by atoms with Crippen molar-refractivity contribution in [3.63, 3.8) is 0 Å². The first kappa shape index (κ1) is 10.5. The lowest BCUT2D eigenvalue weighted by Crippen LogP contribution is -2.12. The Kier molecular flexibility index (Phi) is 2.34. The molecule has 3 rings (SSSR count). The van der Waals surface area contributed by atoms with Crippen LogP contribution in [0.15, 0.2) is 48.8 Å². The highest BCUT2D eigenvalue weighted by molar-refractivity contribution is 5.98. The molecule has 0 spiro atoms. The first-order chi connectivity index (χ1) is 8.75. The minimum Gasteiger partial charge on any atom is -0.365 e. The van der Waals surface area contributed by atoms with E-state index in [0.29, 0.717) is 11.2 Å². The Morgan fingerprint density at radius 2 is 2.06 bits per heavy atom. The van der Waals surface area contributed by atoms with Crippen LogP contribution in [0.1, 0.15) is 10.4 Å². The van der Waals surface area contributed by atoms with E-state index in [4.69, 9.17) is 5.73 Å². The molecule has 0 aliphatic carbocycles. The lowest BCUT2D eigenvalue weighted by molar-refractivity contribution is 0.100. The molecule has 0 atom stereocenters. The summed E-state index contributed by atoms with van der Waals surface area (Å²) in [4.78, 5) is 15.7. The monoisotopic (exact) mass is 236 g/mol. The molecule has 0 aliphatic heterocycles. The number of primary amides is 1. The minimum absolute atomic E-state index is 0.305. The Bertz CT molecular complexity index is 716. The van der Waals surface area contributed by atoms with Gasteiger partial charge in [0.1, 0.15) is 0 Å². The molecule has 2 heterocycles. The molecule has 3 aromatic rings. The van der Waals surface area contributed by atoms with E-state index < -0.39 is 5.91 Å². The smallest absolute Gasteiger partial charge is 0.253 e. The topological polar surface area (TPSA) is 60.4 Å². The minimum atomic E-state index is -0.522. The Morgan fingerprint density at radius 3 is 2.78 bits per heavy atom. The Balaban J connectivity index is 2.23. The molecule has 2 N–H and O–H groups in total. The molecule has 0 aliphatic rings. The summed E-state index contributed by atoms with van der Waals surface area (Å²) in [5.41, 5.74) is 7.94. The van der Waals surface area contributed by atoms with Crippen molar-refractivity contribution < 1.29 is 4.79 Å². The van der Waals surface area contributed by atoms with Crippen molar-refractivity contribution in [1.82, 2.24) is 9.38 Å². The highest BCUT2D eigenvalue weighted by Crippen LogP contribution is 2.19. The van der Waals surface area contributed by atoms with Gasteiger partial charge in [0, 0.05) is 24.0 Å². The average Bonchev–Trinajstić information content (AvgIpc) is 2.83. The predicted molar refractivity (Wildman–Crippen MR) is 68.0 cm³/mol. The van der Waals surface area contributed by atoms with E-state index in [1.165, 1.54) is 0 Å². The molecule has 0 fully saturated rings. The molecule has 1 radical (unpaired) electrons. The van der Waals surface area contributed by atoms with Crippen molar-refractivity contribution in [1.29, 1.82) is 0 Å². The third kappa shape index (κ3) is 1.64. The highest BCUT2D eigenvalue weighted by Gasteiger charge is 2.11. The molecule has 18 heavy (non-hydrogen) atoms. The summed E-state index contributed by atoms with van der Waals surface area (Å²) in [5, 5.41) is 0. The van der Waals surface area contributed by atoms with Crippen molar-refractivity contribution in [3.8, 4) is 11.3 Å². The summed E-state index contributed by atoms with van der Waals surface area (Å²) in [7, 11) is 0. The molecule has 4 nitrogen and oxygen atoms in total. The van der Waals surface area contributed by atoms with Gasteiger partial charge in [0.25, 0.3) is 5.91 Å². The average molecular weight is 236 g/mol. The van der Waals surface area contributed by atoms with Crippen LogP contribution in [0.25, 0.3) is 16.9 Å². The number of fused-ring (bicyclic) bond motifs is 1. The van der Waals surface area contributed by atoms with Gasteiger partial charge in [-0.2, -0.15) is 0 Å². The molecule has 2 aromatic heterocycles. The SMILES string of the molecule is NC(=O)c1[c]ccn2cc(-c3ccccc3)nc12. The lowest BCUT2D eigenvalue weighted by atomic mass is 10.2. The van der Waals surface area contributed by atoms with Gasteiger partial charge in [-0.3, -0.25) is 4.79 Å². The van der Waals surface area contributed by atoms with Gasteiger partial charge in [-0.1, -0.05) is 30.3 Å². The second-order valence-corrected chi connectivity index (χ2v) is 3.92. The number of hydrogen-bond acceptors (Lipinski definition) is 2. The van der Waals surface area contributed by atoms with Crippen LogP contribution in [0, 0.1) is 6.07 Å². The summed E-state index contributed by atoms with van der Waals surface area (Å²) in [5.74, 6) is -0.522. The molecule has 0 saturated carbocycles. The molecule has 0 saturated heterocycles. The van der Waals surface area contributed by atoms with Gasteiger partial charge in [-0.05, 0) is 6.07 Å². The van der Waals surface area contributed by atoms with Crippen LogP contribution in [0.3, 0.4) is 0 Å². The largest absolute Gasteiger partial charge is 0.365 e. The summed E-state index contributed by atoms with van der Waals surface area (Å²) in [6, 6.07) is 14.2. The number of pyridine rings is 1. The number of nitrogens with zero attached hydrogens (tertiary/aromatic N) is 2. The number of nitrogens with two attached hydrogens (primary N) is 1. The first-order valence-corrected chi connectivity index (χ1v) is 5.50. The van der Waals surface area contributed by atoms with Crippen LogP contribution in [0.4, 0.5) is 0 Å². The lowest BCUT2D eigenvalue weighted by Gasteiger charge is -1.96. The third-order valence-electron chi connectivity index (χ3n) is 2.73. The van der Waals surface area contributed by atoms with Crippen LogP contribution >= 0.6 is 0 Å². The van der Waals surface area contributed by atoms with Gasteiger partial charge >= 0.3 is 0 Å². The Morgan fingerprint density at radius 1 is 1.28 bits per heavy atom. The van der Waals surface area contributed by atoms with Crippen LogP contribution in [-0.2, 0) is 0 Å². The van der Waals surface area contributed by atoms with Gasteiger partial charge < -0.3 is 10.1 Å². The number of carbonyl (C=O) groups excluding carboxylic acids is 1. The summed E-state index contributed by atoms with van der Waals surface area (Å²) >= 11 is 0. The van der Waals surface area contributed by atoms with Crippen LogP contribution in [0.5, 0.6) is 0 Å². The third-order valence-corrected chi connectivity index (χ3v) is 2.73. The molecular weight excluding hydrogens is 226 g/mol. The Labute approximate surface area is 104 Å². The summed E-state index contributed by atoms with van der Waals surface area (Å²) in [6.07, 6.45) is 3.66. The fraction of sp³-hybridized carbons (Fsp3) is 0. The highest BCUT2D eigenvalue weighted by atomic mass is 16.1. The number of rotatable bonds is 2. The van der Waals surface area contributed by atoms with E-state index in [1.807, 2.05) is 36.5 Å².